The maximum absolute atomic E-state index is 11.6. The molecule has 29 heavy (non-hydrogen) atoms. The van der Waals surface area contributed by atoms with Gasteiger partial charge in [-0.15, -0.1) is 0 Å². The molecule has 1 aromatic rings. The van der Waals surface area contributed by atoms with Crippen LogP contribution in [0.5, 0.6) is 0 Å². The highest BCUT2D eigenvalue weighted by Gasteiger charge is 2.52. The van der Waals surface area contributed by atoms with Crippen LogP contribution in [-0.2, 0) is 9.53 Å². The van der Waals surface area contributed by atoms with Crippen LogP contribution in [0.3, 0.4) is 0 Å². The van der Waals surface area contributed by atoms with E-state index in [4.69, 9.17) is 4.74 Å². The van der Waals surface area contributed by atoms with Crippen LogP contribution in [0.1, 0.15) is 59.1 Å². The maximum atomic E-state index is 11.6. The average Bonchev–Trinajstić information content (AvgIpc) is 2.69. The second-order valence-electron chi connectivity index (χ2n) is 9.18. The quantitative estimate of drug-likeness (QED) is 0.549. The van der Waals surface area contributed by atoms with E-state index in [0.29, 0.717) is 17.9 Å². The van der Waals surface area contributed by atoms with Gasteiger partial charge in [-0.25, -0.2) is 0 Å². The zero-order valence-electron chi connectivity index (χ0n) is 18.4. The van der Waals surface area contributed by atoms with Gasteiger partial charge in [0, 0.05) is 25.3 Å². The summed E-state index contributed by atoms with van der Waals surface area (Å²) in [6, 6.07) is 10.8. The van der Waals surface area contributed by atoms with Gasteiger partial charge in [0.1, 0.15) is 6.10 Å². The lowest BCUT2D eigenvalue weighted by molar-refractivity contribution is -0.148. The zero-order chi connectivity index (χ0) is 21.2. The van der Waals surface area contributed by atoms with Gasteiger partial charge in [-0.3, -0.25) is 4.79 Å². The summed E-state index contributed by atoms with van der Waals surface area (Å²) in [4.78, 5) is 11.5. The number of rotatable bonds is 6. The summed E-state index contributed by atoms with van der Waals surface area (Å²) in [6.07, 6.45) is 5.71. The Hall–Kier alpha value is -1.65. The minimum atomic E-state index is -0.929. The summed E-state index contributed by atoms with van der Waals surface area (Å²) >= 11 is 0. The number of benzene rings is 1. The van der Waals surface area contributed by atoms with Gasteiger partial charge in [-0.1, -0.05) is 50.3 Å². The Morgan fingerprint density at radius 1 is 1.28 bits per heavy atom. The van der Waals surface area contributed by atoms with Crippen LogP contribution in [0.4, 0.5) is 0 Å². The molecule has 1 aromatic carbocycles. The highest BCUT2D eigenvalue weighted by molar-refractivity contribution is 5.66. The molecular formula is C25H36NO3. The Morgan fingerprint density at radius 3 is 2.62 bits per heavy atom. The molecule has 1 fully saturated rings. The van der Waals surface area contributed by atoms with Crippen molar-refractivity contribution in [2.45, 2.75) is 65.2 Å². The van der Waals surface area contributed by atoms with Crippen LogP contribution in [0, 0.1) is 30.1 Å². The summed E-state index contributed by atoms with van der Waals surface area (Å²) < 4.78 is 5.45. The molecule has 3 rings (SSSR count). The molecule has 1 unspecified atom stereocenters. The third kappa shape index (κ3) is 4.75. The summed E-state index contributed by atoms with van der Waals surface area (Å²) in [6.45, 7) is 10.9. The molecule has 0 aliphatic heterocycles. The van der Waals surface area contributed by atoms with Crippen molar-refractivity contribution in [2.24, 2.45) is 23.7 Å². The van der Waals surface area contributed by atoms with Gasteiger partial charge in [0.05, 0.1) is 5.60 Å². The van der Waals surface area contributed by atoms with E-state index in [9.17, 15) is 9.90 Å². The predicted molar refractivity (Wildman–Crippen MR) is 116 cm³/mol. The SMILES string of the molecule is CC(=O)O[C@@H]1[CH][C@@]2(O)[C@H](C)CC[C@@H](C(C)CN[C@@H](C)c3ccccc3)[C@H]2C=C1C. The molecule has 4 heteroatoms. The fourth-order valence-corrected chi connectivity index (χ4v) is 5.13. The Labute approximate surface area is 175 Å². The molecule has 2 aliphatic rings. The minimum absolute atomic E-state index is 0.0573. The lowest BCUT2D eigenvalue weighted by atomic mass is 9.57. The van der Waals surface area contributed by atoms with Crippen molar-refractivity contribution in [1.82, 2.24) is 5.32 Å². The molecule has 1 radical (unpaired) electrons. The molecule has 1 saturated carbocycles. The van der Waals surface area contributed by atoms with Gasteiger partial charge >= 0.3 is 5.97 Å². The van der Waals surface area contributed by atoms with E-state index in [1.165, 1.54) is 12.5 Å². The van der Waals surface area contributed by atoms with Gasteiger partial charge in [0.15, 0.2) is 0 Å². The molecule has 0 saturated heterocycles. The topological polar surface area (TPSA) is 58.6 Å². The lowest BCUT2D eigenvalue weighted by Crippen LogP contribution is -2.56. The van der Waals surface area contributed by atoms with Gasteiger partial charge in [0.25, 0.3) is 0 Å². The largest absolute Gasteiger partial charge is 0.458 e. The second-order valence-corrected chi connectivity index (χ2v) is 9.18. The van der Waals surface area contributed by atoms with E-state index in [1.54, 1.807) is 0 Å². The molecule has 0 aromatic heterocycles. The molecule has 2 aliphatic carbocycles. The van der Waals surface area contributed by atoms with Crippen molar-refractivity contribution in [1.29, 1.82) is 0 Å². The molecule has 0 heterocycles. The number of carbonyl (C=O) groups is 1. The summed E-state index contributed by atoms with van der Waals surface area (Å²) in [5.41, 5.74) is 1.38. The Bertz CT molecular complexity index is 731. The second kappa shape index (κ2) is 9.01. The number of esters is 1. The monoisotopic (exact) mass is 398 g/mol. The summed E-state index contributed by atoms with van der Waals surface area (Å²) in [5.74, 6) is 0.703. The Morgan fingerprint density at radius 2 is 1.97 bits per heavy atom. The highest BCUT2D eigenvalue weighted by Crippen LogP contribution is 2.50. The summed E-state index contributed by atoms with van der Waals surface area (Å²) in [7, 11) is 0. The first-order chi connectivity index (χ1) is 13.7. The standard InChI is InChI=1S/C25H36NO3/c1-16-13-23-22(17(2)15-26-19(4)21-9-7-6-8-10-21)12-11-18(3)25(23,28)14-24(16)29-20(5)27/h6-10,13-14,17-19,22-24,26,28H,11-12,15H2,1-5H3/t17?,18-,19+,22+,23-,24-,25-/m1/s1. The number of hydrogen-bond donors (Lipinski definition) is 2. The van der Waals surface area contributed by atoms with Crippen LogP contribution in [0.15, 0.2) is 42.0 Å². The van der Waals surface area contributed by atoms with Crippen LogP contribution < -0.4 is 5.32 Å². The van der Waals surface area contributed by atoms with Crippen LogP contribution in [-0.4, -0.2) is 29.3 Å². The van der Waals surface area contributed by atoms with Gasteiger partial charge < -0.3 is 15.2 Å². The lowest BCUT2D eigenvalue weighted by Gasteiger charge is -2.52. The van der Waals surface area contributed by atoms with Gasteiger partial charge in [-0.2, -0.15) is 0 Å². The number of carbonyl (C=O) groups excluding carboxylic acids is 1. The fraction of sp³-hybridized carbons (Fsp3) is 0.600. The third-order valence-electron chi connectivity index (χ3n) is 7.10. The molecule has 7 atom stereocenters. The Balaban J connectivity index is 1.72. The molecule has 0 bridgehead atoms. The Kier molecular flexibility index (Phi) is 6.85. The first-order valence-electron chi connectivity index (χ1n) is 10.9. The van der Waals surface area contributed by atoms with E-state index >= 15 is 0 Å². The molecule has 159 valence electrons. The van der Waals surface area contributed by atoms with Crippen LogP contribution >= 0.6 is 0 Å². The van der Waals surface area contributed by atoms with Crippen molar-refractivity contribution in [3.63, 3.8) is 0 Å². The predicted octanol–water partition coefficient (Wildman–Crippen LogP) is 4.46. The van der Waals surface area contributed by atoms with Crippen molar-refractivity contribution in [3.8, 4) is 0 Å². The summed E-state index contributed by atoms with van der Waals surface area (Å²) in [5, 5.41) is 15.3. The van der Waals surface area contributed by atoms with Gasteiger partial charge in [0.2, 0.25) is 0 Å². The van der Waals surface area contributed by atoms with Gasteiger partial charge in [-0.05, 0) is 62.1 Å². The molecule has 0 amide bonds. The van der Waals surface area contributed by atoms with E-state index < -0.39 is 11.7 Å². The highest BCUT2D eigenvalue weighted by atomic mass is 16.5. The van der Waals surface area contributed by atoms with E-state index in [2.05, 4.69) is 56.4 Å². The molecular weight excluding hydrogens is 362 g/mol. The normalized spacial score (nSPS) is 33.9. The maximum Gasteiger partial charge on any atom is 0.303 e. The minimum Gasteiger partial charge on any atom is -0.458 e. The van der Waals surface area contributed by atoms with Crippen molar-refractivity contribution in [3.05, 3.63) is 54.0 Å². The number of hydrogen-bond acceptors (Lipinski definition) is 4. The van der Waals surface area contributed by atoms with E-state index in [-0.39, 0.29) is 17.8 Å². The fourth-order valence-electron chi connectivity index (χ4n) is 5.13. The first-order valence-corrected chi connectivity index (χ1v) is 10.9. The first kappa shape index (κ1) is 22.0. The van der Waals surface area contributed by atoms with Crippen molar-refractivity contribution >= 4 is 5.97 Å². The number of ether oxygens (including phenoxy) is 1. The molecule has 2 N–H and O–H groups in total. The number of nitrogens with one attached hydrogen (secondary N) is 1. The zero-order valence-corrected chi connectivity index (χ0v) is 18.4. The smallest absolute Gasteiger partial charge is 0.303 e. The van der Waals surface area contributed by atoms with Crippen molar-refractivity contribution in [2.75, 3.05) is 6.54 Å². The van der Waals surface area contributed by atoms with Crippen LogP contribution in [0.25, 0.3) is 0 Å². The number of aliphatic hydroxyl groups is 1. The van der Waals surface area contributed by atoms with Crippen LogP contribution in [0.2, 0.25) is 0 Å². The average molecular weight is 399 g/mol. The van der Waals surface area contributed by atoms with E-state index in [0.717, 1.165) is 25.0 Å². The molecule has 0 spiro atoms. The van der Waals surface area contributed by atoms with Crippen molar-refractivity contribution < 1.29 is 14.6 Å². The third-order valence-corrected chi connectivity index (χ3v) is 7.10. The number of fused-ring (bicyclic) bond motifs is 1. The van der Waals surface area contributed by atoms with E-state index in [1.807, 2.05) is 19.4 Å². The molecule has 4 nitrogen and oxygen atoms in total.